The molecule has 11 heteroatoms. The zero-order valence-electron chi connectivity index (χ0n) is 28.9. The van der Waals surface area contributed by atoms with Crippen LogP contribution in [0.5, 0.6) is 5.75 Å². The average Bonchev–Trinajstić information content (AvgIpc) is 3.02. The Bertz CT molecular complexity index is 1300. The number of nitrogens with one attached hydrogen (secondary N) is 1. The molecule has 0 radical (unpaired) electrons. The Hall–Kier alpha value is -3.51. The molecule has 3 N–H and O–H groups in total. The molecular weight excluding hydrogens is 600 g/mol. The minimum Gasteiger partial charge on any atom is -0.490 e. The van der Waals surface area contributed by atoms with Crippen molar-refractivity contribution in [3.05, 3.63) is 59.2 Å². The standard InChI is InChI=1S/C36H54N4O7/c1-25-21-40(26(2)24-41)35(43)31-20-30(37-34(42)11-9-18-38(4)5)16-17-32(31)47-27(3)10-7-8-19-46-33(25)23-39(6)22-28-12-14-29(15-13-28)36(44)45/h12-17,20,25-27,33,41H,7-11,18-19,21-24H2,1-6H3,(H,37,42)(H,44,45)/t25-,26-,27-,33-/m1/s1. The number of aliphatic hydroxyl groups is 1. The predicted octanol–water partition coefficient (Wildman–Crippen LogP) is 4.59. The second kappa shape index (κ2) is 18.7. The van der Waals surface area contributed by atoms with Gasteiger partial charge in [0.25, 0.3) is 5.91 Å². The van der Waals surface area contributed by atoms with E-state index in [4.69, 9.17) is 9.47 Å². The lowest BCUT2D eigenvalue weighted by atomic mass is 10.0. The third kappa shape index (κ3) is 12.2. The first-order valence-electron chi connectivity index (χ1n) is 16.7. The number of ether oxygens (including phenoxy) is 2. The highest BCUT2D eigenvalue weighted by Crippen LogP contribution is 2.29. The van der Waals surface area contributed by atoms with Crippen LogP contribution in [0.2, 0.25) is 0 Å². The molecule has 0 saturated carbocycles. The third-order valence-corrected chi connectivity index (χ3v) is 8.49. The number of benzene rings is 2. The highest BCUT2D eigenvalue weighted by molar-refractivity contribution is 5.99. The molecule has 0 fully saturated rings. The van der Waals surface area contributed by atoms with Gasteiger partial charge in [0.2, 0.25) is 5.91 Å². The molecule has 47 heavy (non-hydrogen) atoms. The minimum atomic E-state index is -0.955. The number of fused-ring (bicyclic) bond motifs is 1. The van der Waals surface area contributed by atoms with Crippen LogP contribution in [-0.2, 0) is 16.1 Å². The van der Waals surface area contributed by atoms with Crippen LogP contribution in [0.1, 0.15) is 79.2 Å². The molecule has 4 atom stereocenters. The number of likely N-dealkylation sites (N-methyl/N-ethyl adjacent to an activating group) is 1. The Kier molecular flexibility index (Phi) is 15.1. The van der Waals surface area contributed by atoms with E-state index in [1.54, 1.807) is 35.2 Å². The van der Waals surface area contributed by atoms with E-state index in [1.165, 1.54) is 0 Å². The zero-order valence-corrected chi connectivity index (χ0v) is 28.9. The second-order valence-electron chi connectivity index (χ2n) is 13.2. The summed E-state index contributed by atoms with van der Waals surface area (Å²) in [4.78, 5) is 44.1. The summed E-state index contributed by atoms with van der Waals surface area (Å²) in [7, 11) is 5.93. The molecule has 2 amide bonds. The van der Waals surface area contributed by atoms with E-state index in [2.05, 4.69) is 17.1 Å². The van der Waals surface area contributed by atoms with Gasteiger partial charge in [-0.2, -0.15) is 0 Å². The van der Waals surface area contributed by atoms with E-state index in [1.807, 2.05) is 52.0 Å². The van der Waals surface area contributed by atoms with Crippen molar-refractivity contribution in [1.29, 1.82) is 0 Å². The maximum atomic E-state index is 14.3. The summed E-state index contributed by atoms with van der Waals surface area (Å²) >= 11 is 0. The Morgan fingerprint density at radius 1 is 1.09 bits per heavy atom. The Morgan fingerprint density at radius 3 is 2.47 bits per heavy atom. The van der Waals surface area contributed by atoms with Crippen LogP contribution in [0, 0.1) is 5.92 Å². The van der Waals surface area contributed by atoms with Crippen molar-refractivity contribution >= 4 is 23.5 Å². The summed E-state index contributed by atoms with van der Waals surface area (Å²) in [5.41, 5.74) is 2.10. The molecule has 1 aliphatic heterocycles. The van der Waals surface area contributed by atoms with Crippen molar-refractivity contribution in [2.75, 3.05) is 59.3 Å². The molecule has 260 valence electrons. The minimum absolute atomic E-state index is 0.0874. The van der Waals surface area contributed by atoms with Crippen molar-refractivity contribution in [2.45, 2.75) is 77.7 Å². The monoisotopic (exact) mass is 654 g/mol. The maximum absolute atomic E-state index is 14.3. The summed E-state index contributed by atoms with van der Waals surface area (Å²) in [5.74, 6) is -0.995. The topological polar surface area (TPSA) is 132 Å². The molecule has 1 heterocycles. The van der Waals surface area contributed by atoms with Crippen molar-refractivity contribution in [1.82, 2.24) is 14.7 Å². The van der Waals surface area contributed by atoms with Gasteiger partial charge in [-0.15, -0.1) is 0 Å². The molecule has 0 saturated heterocycles. The number of hydrogen-bond acceptors (Lipinski definition) is 8. The fraction of sp³-hybridized carbons (Fsp3) is 0.583. The van der Waals surface area contributed by atoms with Gasteiger partial charge < -0.3 is 34.8 Å². The van der Waals surface area contributed by atoms with Crippen LogP contribution in [0.4, 0.5) is 5.69 Å². The van der Waals surface area contributed by atoms with Gasteiger partial charge in [0.1, 0.15) is 5.75 Å². The normalized spacial score (nSPS) is 20.3. The van der Waals surface area contributed by atoms with Gasteiger partial charge in [-0.3, -0.25) is 14.5 Å². The predicted molar refractivity (Wildman–Crippen MR) is 183 cm³/mol. The van der Waals surface area contributed by atoms with Gasteiger partial charge >= 0.3 is 5.97 Å². The lowest BCUT2D eigenvalue weighted by molar-refractivity contribution is -0.116. The van der Waals surface area contributed by atoms with Gasteiger partial charge in [0.15, 0.2) is 0 Å². The van der Waals surface area contributed by atoms with Gasteiger partial charge in [-0.05, 0) is 103 Å². The molecule has 0 aromatic heterocycles. The number of nitrogens with zero attached hydrogens (tertiary/aromatic N) is 3. The van der Waals surface area contributed by atoms with Crippen LogP contribution in [-0.4, -0.2) is 115 Å². The van der Waals surface area contributed by atoms with E-state index in [9.17, 15) is 24.6 Å². The van der Waals surface area contributed by atoms with E-state index in [0.717, 1.165) is 37.8 Å². The van der Waals surface area contributed by atoms with Crippen molar-refractivity contribution in [2.24, 2.45) is 5.92 Å². The average molecular weight is 655 g/mol. The lowest BCUT2D eigenvalue weighted by Crippen LogP contribution is -2.47. The first kappa shape index (κ1) is 37.9. The summed E-state index contributed by atoms with van der Waals surface area (Å²) in [6.07, 6.45) is 3.27. The molecular formula is C36H54N4O7. The number of carbonyl (C=O) groups excluding carboxylic acids is 2. The molecule has 0 bridgehead atoms. The molecule has 1 aliphatic rings. The van der Waals surface area contributed by atoms with Crippen molar-refractivity contribution in [3.8, 4) is 5.75 Å². The number of carboxylic acids is 1. The Morgan fingerprint density at radius 2 is 1.81 bits per heavy atom. The number of carbonyl (C=O) groups is 3. The quantitative estimate of drug-likeness (QED) is 0.301. The third-order valence-electron chi connectivity index (χ3n) is 8.49. The number of aliphatic hydroxyl groups excluding tert-OH is 1. The number of anilines is 1. The first-order chi connectivity index (χ1) is 22.4. The molecule has 0 spiro atoms. The van der Waals surface area contributed by atoms with E-state index in [-0.39, 0.29) is 42.1 Å². The first-order valence-corrected chi connectivity index (χ1v) is 16.7. The SMILES string of the molecule is C[C@@H]1CCCCO[C@H](CN(C)Cc2ccc(C(=O)O)cc2)[C@H](C)CN([C@H](C)CO)C(=O)c2cc(NC(=O)CCCN(C)C)ccc2O1. The summed E-state index contributed by atoms with van der Waals surface area (Å²) in [6.45, 7) is 8.54. The molecule has 3 rings (SSSR count). The molecule has 0 aliphatic carbocycles. The van der Waals surface area contributed by atoms with E-state index in [0.29, 0.717) is 49.7 Å². The largest absolute Gasteiger partial charge is 0.490 e. The summed E-state index contributed by atoms with van der Waals surface area (Å²) in [6, 6.07) is 11.6. The molecule has 2 aromatic rings. The van der Waals surface area contributed by atoms with Gasteiger partial charge in [0, 0.05) is 44.3 Å². The highest BCUT2D eigenvalue weighted by Gasteiger charge is 2.30. The number of carboxylic acid groups (broad SMARTS) is 1. The van der Waals surface area contributed by atoms with Gasteiger partial charge in [0.05, 0.1) is 36.0 Å². The Balaban J connectivity index is 1.85. The smallest absolute Gasteiger partial charge is 0.335 e. The van der Waals surface area contributed by atoms with E-state index < -0.39 is 12.0 Å². The van der Waals surface area contributed by atoms with Crippen LogP contribution in [0.25, 0.3) is 0 Å². The maximum Gasteiger partial charge on any atom is 0.335 e. The fourth-order valence-corrected chi connectivity index (χ4v) is 5.68. The number of hydrogen-bond donors (Lipinski definition) is 3. The fourth-order valence-electron chi connectivity index (χ4n) is 5.68. The lowest BCUT2D eigenvalue weighted by Gasteiger charge is -2.36. The van der Waals surface area contributed by atoms with E-state index >= 15 is 0 Å². The van der Waals surface area contributed by atoms with Crippen LogP contribution in [0.15, 0.2) is 42.5 Å². The summed E-state index contributed by atoms with van der Waals surface area (Å²) in [5, 5.41) is 22.4. The highest BCUT2D eigenvalue weighted by atomic mass is 16.5. The van der Waals surface area contributed by atoms with Crippen molar-refractivity contribution < 1.29 is 34.1 Å². The van der Waals surface area contributed by atoms with Crippen LogP contribution in [0.3, 0.4) is 0 Å². The van der Waals surface area contributed by atoms with Crippen molar-refractivity contribution in [3.63, 3.8) is 0 Å². The molecule has 2 aromatic carbocycles. The zero-order chi connectivity index (χ0) is 34.5. The summed E-state index contributed by atoms with van der Waals surface area (Å²) < 4.78 is 12.8. The number of rotatable bonds is 12. The second-order valence-corrected chi connectivity index (χ2v) is 13.2. The molecule has 0 unspecified atom stereocenters. The van der Waals surface area contributed by atoms with Gasteiger partial charge in [-0.25, -0.2) is 4.79 Å². The van der Waals surface area contributed by atoms with Crippen LogP contribution < -0.4 is 10.1 Å². The number of aromatic carboxylic acids is 1. The Labute approximate surface area is 279 Å². The number of amides is 2. The van der Waals surface area contributed by atoms with Gasteiger partial charge in [-0.1, -0.05) is 19.1 Å². The molecule has 11 nitrogen and oxygen atoms in total. The van der Waals surface area contributed by atoms with Crippen LogP contribution >= 0.6 is 0 Å².